The lowest BCUT2D eigenvalue weighted by molar-refractivity contribution is 0.460. The van der Waals surface area contributed by atoms with Gasteiger partial charge in [-0.15, -0.1) is 22.9 Å². The number of alkyl halides is 1. The fourth-order valence-electron chi connectivity index (χ4n) is 1.69. The van der Waals surface area contributed by atoms with Crippen LogP contribution in [0.25, 0.3) is 0 Å². The van der Waals surface area contributed by atoms with Crippen molar-refractivity contribution in [2.75, 3.05) is 6.54 Å². The molecule has 19 heavy (non-hydrogen) atoms. The van der Waals surface area contributed by atoms with E-state index < -0.39 is 10.0 Å². The Kier molecular flexibility index (Phi) is 7.10. The number of rotatable bonds is 7. The fourth-order valence-corrected chi connectivity index (χ4v) is 5.71. The number of nitrogens with one attached hydrogen (secondary N) is 1. The largest absolute Gasteiger partial charge is 0.250 e. The predicted molar refractivity (Wildman–Crippen MR) is 85.9 cm³/mol. The summed E-state index contributed by atoms with van der Waals surface area (Å²) in [7, 11) is -3.54. The molecule has 8 heteroatoms. The maximum absolute atomic E-state index is 12.1. The zero-order valence-electron chi connectivity index (χ0n) is 10.6. The number of hydrogen-bond donors (Lipinski definition) is 1. The van der Waals surface area contributed by atoms with Crippen molar-refractivity contribution in [1.82, 2.24) is 4.72 Å². The van der Waals surface area contributed by atoms with Gasteiger partial charge in [-0.3, -0.25) is 0 Å². The molecule has 0 amide bonds. The SMILES string of the molecule is CCC(CC)C(Cl)CNS(=O)(=O)c1cc(Cl)c(Br)s1. The van der Waals surface area contributed by atoms with Crippen LogP contribution in [-0.2, 0) is 10.0 Å². The lowest BCUT2D eigenvalue weighted by atomic mass is 9.99. The predicted octanol–water partition coefficient (Wildman–Crippen LogP) is 4.49. The standard InChI is InChI=1S/C11H16BrCl2NO2S2/c1-3-7(4-2)9(14)6-15-19(16,17)10-5-8(13)11(12)18-10/h5,7,9,15H,3-4,6H2,1-2H3. The van der Waals surface area contributed by atoms with Gasteiger partial charge in [-0.25, -0.2) is 13.1 Å². The van der Waals surface area contributed by atoms with Crippen molar-refractivity contribution in [3.8, 4) is 0 Å². The molecule has 0 aliphatic carbocycles. The van der Waals surface area contributed by atoms with E-state index in [-0.39, 0.29) is 16.1 Å². The van der Waals surface area contributed by atoms with Gasteiger partial charge in [0.25, 0.3) is 0 Å². The first-order chi connectivity index (χ1) is 8.81. The van der Waals surface area contributed by atoms with Crippen LogP contribution >= 0.6 is 50.5 Å². The second-order valence-electron chi connectivity index (χ2n) is 4.13. The van der Waals surface area contributed by atoms with Crippen LogP contribution in [0.2, 0.25) is 5.02 Å². The molecule has 0 spiro atoms. The molecule has 3 nitrogen and oxygen atoms in total. The van der Waals surface area contributed by atoms with Gasteiger partial charge in [-0.05, 0) is 27.9 Å². The second kappa shape index (κ2) is 7.61. The molecule has 1 rings (SSSR count). The number of hydrogen-bond acceptors (Lipinski definition) is 3. The highest BCUT2D eigenvalue weighted by Gasteiger charge is 2.22. The summed E-state index contributed by atoms with van der Waals surface area (Å²) >= 11 is 16.3. The van der Waals surface area contributed by atoms with Gasteiger partial charge in [0, 0.05) is 11.9 Å². The lowest BCUT2D eigenvalue weighted by Gasteiger charge is -2.19. The summed E-state index contributed by atoms with van der Waals surface area (Å²) in [5.41, 5.74) is 0. The Bertz CT molecular complexity index is 495. The Morgan fingerprint density at radius 3 is 2.42 bits per heavy atom. The van der Waals surface area contributed by atoms with E-state index in [0.717, 1.165) is 24.2 Å². The highest BCUT2D eigenvalue weighted by Crippen LogP contribution is 2.34. The van der Waals surface area contributed by atoms with E-state index in [4.69, 9.17) is 23.2 Å². The Hall–Kier alpha value is 0.670. The zero-order valence-corrected chi connectivity index (χ0v) is 15.4. The fraction of sp³-hybridized carbons (Fsp3) is 0.636. The summed E-state index contributed by atoms with van der Waals surface area (Å²) < 4.78 is 27.5. The molecule has 0 saturated carbocycles. The van der Waals surface area contributed by atoms with E-state index in [1.165, 1.54) is 6.07 Å². The Balaban J connectivity index is 2.71. The maximum atomic E-state index is 12.1. The summed E-state index contributed by atoms with van der Waals surface area (Å²) in [6.07, 6.45) is 1.87. The monoisotopic (exact) mass is 407 g/mol. The van der Waals surface area contributed by atoms with Crippen LogP contribution in [0.5, 0.6) is 0 Å². The van der Waals surface area contributed by atoms with Crippen LogP contribution in [0, 0.1) is 5.92 Å². The smallest absolute Gasteiger partial charge is 0.209 e. The third-order valence-corrected chi connectivity index (χ3v) is 7.80. The number of sulfonamides is 1. The van der Waals surface area contributed by atoms with Gasteiger partial charge in [-0.2, -0.15) is 0 Å². The minimum atomic E-state index is -3.54. The molecule has 1 aromatic rings. The molecular weight excluding hydrogens is 393 g/mol. The molecule has 0 radical (unpaired) electrons. The van der Waals surface area contributed by atoms with Crippen LogP contribution in [-0.4, -0.2) is 20.3 Å². The third kappa shape index (κ3) is 4.86. The molecule has 0 saturated heterocycles. The van der Waals surface area contributed by atoms with Crippen molar-refractivity contribution in [3.63, 3.8) is 0 Å². The van der Waals surface area contributed by atoms with Crippen LogP contribution in [0.15, 0.2) is 14.1 Å². The van der Waals surface area contributed by atoms with Gasteiger partial charge >= 0.3 is 0 Å². The number of halogens is 3. The Morgan fingerprint density at radius 1 is 1.42 bits per heavy atom. The summed E-state index contributed by atoms with van der Waals surface area (Å²) in [4.78, 5) is 0. The Morgan fingerprint density at radius 2 is 2.00 bits per heavy atom. The summed E-state index contributed by atoms with van der Waals surface area (Å²) in [5.74, 6) is 0.308. The van der Waals surface area contributed by atoms with Crippen molar-refractivity contribution < 1.29 is 8.42 Å². The molecule has 1 unspecified atom stereocenters. The minimum Gasteiger partial charge on any atom is -0.209 e. The van der Waals surface area contributed by atoms with Gasteiger partial charge < -0.3 is 0 Å². The van der Waals surface area contributed by atoms with Gasteiger partial charge in [0.05, 0.1) is 8.81 Å². The quantitative estimate of drug-likeness (QED) is 0.675. The third-order valence-electron chi connectivity index (χ3n) is 2.92. The van der Waals surface area contributed by atoms with Crippen molar-refractivity contribution in [1.29, 1.82) is 0 Å². The van der Waals surface area contributed by atoms with Crippen LogP contribution in [0.1, 0.15) is 26.7 Å². The molecule has 1 N–H and O–H groups in total. The molecule has 0 aliphatic rings. The van der Waals surface area contributed by atoms with E-state index in [0.29, 0.717) is 14.7 Å². The molecule has 1 aromatic heterocycles. The minimum absolute atomic E-state index is 0.192. The summed E-state index contributed by atoms with van der Waals surface area (Å²) in [6.45, 7) is 4.33. The van der Waals surface area contributed by atoms with Crippen LogP contribution in [0.3, 0.4) is 0 Å². The van der Waals surface area contributed by atoms with Crippen LogP contribution in [0.4, 0.5) is 0 Å². The summed E-state index contributed by atoms with van der Waals surface area (Å²) in [5, 5.41) is 0.191. The van der Waals surface area contributed by atoms with E-state index in [1.54, 1.807) is 0 Å². The first kappa shape index (κ1) is 17.7. The van der Waals surface area contributed by atoms with Crippen molar-refractivity contribution in [2.24, 2.45) is 5.92 Å². The van der Waals surface area contributed by atoms with Crippen molar-refractivity contribution >= 4 is 60.5 Å². The Labute approximate surface area is 136 Å². The highest BCUT2D eigenvalue weighted by molar-refractivity contribution is 9.11. The molecule has 1 atom stereocenters. The van der Waals surface area contributed by atoms with Gasteiger partial charge in [-0.1, -0.05) is 38.3 Å². The maximum Gasteiger partial charge on any atom is 0.250 e. The molecule has 0 fully saturated rings. The first-order valence-electron chi connectivity index (χ1n) is 5.90. The van der Waals surface area contributed by atoms with Crippen molar-refractivity contribution in [3.05, 3.63) is 14.9 Å². The highest BCUT2D eigenvalue weighted by atomic mass is 79.9. The summed E-state index contributed by atoms with van der Waals surface area (Å²) in [6, 6.07) is 1.43. The average molecular weight is 409 g/mol. The van der Waals surface area contributed by atoms with Gasteiger partial charge in [0.15, 0.2) is 0 Å². The topological polar surface area (TPSA) is 46.2 Å². The lowest BCUT2D eigenvalue weighted by Crippen LogP contribution is -2.32. The molecule has 0 aromatic carbocycles. The molecule has 0 aliphatic heterocycles. The van der Waals surface area contributed by atoms with E-state index in [1.807, 2.05) is 13.8 Å². The second-order valence-corrected chi connectivity index (χ2v) is 9.46. The van der Waals surface area contributed by atoms with Crippen molar-refractivity contribution in [2.45, 2.75) is 36.3 Å². The molecule has 1 heterocycles. The molecular formula is C11H16BrCl2NO2S2. The number of thiophene rings is 1. The molecule has 110 valence electrons. The molecule has 0 bridgehead atoms. The van der Waals surface area contributed by atoms with E-state index in [2.05, 4.69) is 20.7 Å². The first-order valence-corrected chi connectivity index (χ1v) is 9.81. The van der Waals surface area contributed by atoms with E-state index in [9.17, 15) is 8.42 Å². The van der Waals surface area contributed by atoms with E-state index >= 15 is 0 Å². The van der Waals surface area contributed by atoms with Crippen LogP contribution < -0.4 is 4.72 Å². The normalized spacial score (nSPS) is 14.0. The van der Waals surface area contributed by atoms with Gasteiger partial charge in [0.2, 0.25) is 10.0 Å². The zero-order chi connectivity index (χ0) is 14.6. The van der Waals surface area contributed by atoms with Gasteiger partial charge in [0.1, 0.15) is 4.21 Å². The average Bonchev–Trinajstić information content (AvgIpc) is 2.70.